The molecule has 1 rings (SSSR count). The summed E-state index contributed by atoms with van der Waals surface area (Å²) in [6, 6.07) is 5.33. The van der Waals surface area contributed by atoms with Crippen LogP contribution in [0.1, 0.15) is 11.3 Å². The number of aryl methyl sites for hydroxylation is 1. The average Bonchev–Trinajstić information content (AvgIpc) is 1.85. The van der Waals surface area contributed by atoms with Crippen LogP contribution in [-0.4, -0.2) is 4.98 Å². The Hall–Kier alpha value is -1.56. The maximum absolute atomic E-state index is 8.42. The van der Waals surface area contributed by atoms with E-state index in [4.69, 9.17) is 11.0 Å². The number of anilines is 1. The number of nitriles is 1. The first-order chi connectivity index (χ1) is 4.72. The van der Waals surface area contributed by atoms with Crippen molar-refractivity contribution in [3.8, 4) is 6.07 Å². The number of pyridine rings is 1. The molecule has 0 radical (unpaired) electrons. The number of nitrogen functional groups attached to an aromatic ring is 1. The quantitative estimate of drug-likeness (QED) is 0.570. The molecule has 1 heterocycles. The van der Waals surface area contributed by atoms with Crippen LogP contribution in [0.15, 0.2) is 12.1 Å². The Morgan fingerprint density at radius 3 is 2.80 bits per heavy atom. The fourth-order valence-electron chi connectivity index (χ4n) is 0.751. The Kier molecular flexibility index (Phi) is 1.55. The zero-order valence-electron chi connectivity index (χ0n) is 5.63. The molecule has 0 aliphatic rings. The van der Waals surface area contributed by atoms with Gasteiger partial charge in [0, 0.05) is 0 Å². The molecule has 1 aromatic heterocycles. The highest BCUT2D eigenvalue weighted by Crippen LogP contribution is 2.04. The van der Waals surface area contributed by atoms with Crippen LogP contribution in [0.3, 0.4) is 0 Å². The molecule has 3 heteroatoms. The van der Waals surface area contributed by atoms with Crippen LogP contribution in [0.5, 0.6) is 0 Å². The molecule has 0 bridgehead atoms. The highest BCUT2D eigenvalue weighted by atomic mass is 14.8. The van der Waals surface area contributed by atoms with Crippen molar-refractivity contribution in [3.63, 3.8) is 0 Å². The van der Waals surface area contributed by atoms with Gasteiger partial charge < -0.3 is 5.73 Å². The first-order valence-electron chi connectivity index (χ1n) is 2.86. The van der Waals surface area contributed by atoms with Crippen molar-refractivity contribution in [2.75, 3.05) is 5.73 Å². The second kappa shape index (κ2) is 2.36. The molecule has 0 saturated heterocycles. The van der Waals surface area contributed by atoms with E-state index in [1.54, 1.807) is 12.1 Å². The largest absolute Gasteiger partial charge is 0.384 e. The van der Waals surface area contributed by atoms with Gasteiger partial charge in [0.15, 0.2) is 0 Å². The zero-order valence-corrected chi connectivity index (χ0v) is 5.63. The number of hydrogen-bond donors (Lipinski definition) is 1. The summed E-state index contributed by atoms with van der Waals surface area (Å²) in [6.07, 6.45) is 0. The third kappa shape index (κ3) is 1.23. The molecule has 0 aliphatic carbocycles. The monoisotopic (exact) mass is 133 g/mol. The molecule has 50 valence electrons. The summed E-state index contributed by atoms with van der Waals surface area (Å²) in [5, 5.41) is 8.42. The van der Waals surface area contributed by atoms with E-state index in [9.17, 15) is 0 Å². The first-order valence-corrected chi connectivity index (χ1v) is 2.86. The van der Waals surface area contributed by atoms with Gasteiger partial charge in [-0.2, -0.15) is 5.26 Å². The van der Waals surface area contributed by atoms with E-state index in [1.165, 1.54) is 0 Å². The van der Waals surface area contributed by atoms with Gasteiger partial charge in [-0.25, -0.2) is 4.98 Å². The highest BCUT2D eigenvalue weighted by Gasteiger charge is 1.93. The molecular weight excluding hydrogens is 126 g/mol. The van der Waals surface area contributed by atoms with E-state index >= 15 is 0 Å². The molecule has 0 aromatic carbocycles. The lowest BCUT2D eigenvalue weighted by atomic mass is 10.2. The third-order valence-electron chi connectivity index (χ3n) is 1.10. The SMILES string of the molecule is Cc1cc(N)nc(C#N)c1. The lowest BCUT2D eigenvalue weighted by molar-refractivity contribution is 1.24. The van der Waals surface area contributed by atoms with Crippen molar-refractivity contribution in [2.45, 2.75) is 6.92 Å². The molecule has 0 atom stereocenters. The molecule has 3 nitrogen and oxygen atoms in total. The van der Waals surface area contributed by atoms with Crippen LogP contribution >= 0.6 is 0 Å². The molecule has 0 aliphatic heterocycles. The predicted molar refractivity (Wildman–Crippen MR) is 38.1 cm³/mol. The summed E-state index contributed by atoms with van der Waals surface area (Å²) in [6.45, 7) is 1.87. The second-order valence-electron chi connectivity index (χ2n) is 2.07. The molecule has 0 fully saturated rings. The lowest BCUT2D eigenvalue weighted by Gasteiger charge is -1.94. The van der Waals surface area contributed by atoms with Crippen molar-refractivity contribution in [2.24, 2.45) is 0 Å². The van der Waals surface area contributed by atoms with Gasteiger partial charge in [0.2, 0.25) is 0 Å². The Bertz CT molecular complexity index is 265. The number of nitrogens with zero attached hydrogens (tertiary/aromatic N) is 2. The van der Waals surface area contributed by atoms with Crippen molar-refractivity contribution >= 4 is 5.82 Å². The molecular formula is C7H7N3. The average molecular weight is 133 g/mol. The lowest BCUT2D eigenvalue weighted by Crippen LogP contribution is -1.92. The molecule has 10 heavy (non-hydrogen) atoms. The fourth-order valence-corrected chi connectivity index (χ4v) is 0.751. The minimum absolute atomic E-state index is 0.373. The summed E-state index contributed by atoms with van der Waals surface area (Å²) >= 11 is 0. The molecule has 0 amide bonds. The zero-order chi connectivity index (χ0) is 7.56. The van der Waals surface area contributed by atoms with Crippen LogP contribution in [0.2, 0.25) is 0 Å². The van der Waals surface area contributed by atoms with E-state index in [1.807, 2.05) is 13.0 Å². The number of aromatic nitrogens is 1. The van der Waals surface area contributed by atoms with E-state index in [-0.39, 0.29) is 0 Å². The Balaban J connectivity index is 3.22. The van der Waals surface area contributed by atoms with Gasteiger partial charge in [0.05, 0.1) is 0 Å². The summed E-state index contributed by atoms with van der Waals surface area (Å²) in [4.78, 5) is 3.77. The van der Waals surface area contributed by atoms with E-state index in [0.717, 1.165) is 5.56 Å². The molecule has 1 aromatic rings. The molecule has 0 spiro atoms. The maximum atomic E-state index is 8.42. The Morgan fingerprint density at radius 1 is 1.60 bits per heavy atom. The van der Waals surface area contributed by atoms with E-state index in [2.05, 4.69) is 4.98 Å². The molecule has 2 N–H and O–H groups in total. The van der Waals surface area contributed by atoms with Gasteiger partial charge in [0.1, 0.15) is 17.6 Å². The van der Waals surface area contributed by atoms with Crippen LogP contribution in [0.25, 0.3) is 0 Å². The van der Waals surface area contributed by atoms with Crippen molar-refractivity contribution in [1.29, 1.82) is 5.26 Å². The Labute approximate surface area is 59.1 Å². The molecule has 0 unspecified atom stereocenters. The van der Waals surface area contributed by atoms with Gasteiger partial charge in [-0.05, 0) is 24.6 Å². The minimum Gasteiger partial charge on any atom is -0.384 e. The van der Waals surface area contributed by atoms with E-state index in [0.29, 0.717) is 11.5 Å². The fraction of sp³-hybridized carbons (Fsp3) is 0.143. The van der Waals surface area contributed by atoms with Crippen LogP contribution in [-0.2, 0) is 0 Å². The summed E-state index contributed by atoms with van der Waals surface area (Å²) < 4.78 is 0. The van der Waals surface area contributed by atoms with Gasteiger partial charge in [-0.1, -0.05) is 0 Å². The van der Waals surface area contributed by atoms with Gasteiger partial charge in [-0.15, -0.1) is 0 Å². The predicted octanol–water partition coefficient (Wildman–Crippen LogP) is 0.844. The topological polar surface area (TPSA) is 62.7 Å². The summed E-state index contributed by atoms with van der Waals surface area (Å²) in [5.74, 6) is 0.400. The highest BCUT2D eigenvalue weighted by molar-refractivity contribution is 5.37. The second-order valence-corrected chi connectivity index (χ2v) is 2.07. The summed E-state index contributed by atoms with van der Waals surface area (Å²) in [7, 11) is 0. The third-order valence-corrected chi connectivity index (χ3v) is 1.10. The number of rotatable bonds is 0. The van der Waals surface area contributed by atoms with Crippen LogP contribution in [0, 0.1) is 18.3 Å². The molecule has 0 saturated carbocycles. The normalized spacial score (nSPS) is 8.80. The van der Waals surface area contributed by atoms with Gasteiger partial charge >= 0.3 is 0 Å². The van der Waals surface area contributed by atoms with Crippen molar-refractivity contribution in [3.05, 3.63) is 23.4 Å². The maximum Gasteiger partial charge on any atom is 0.143 e. The minimum atomic E-state index is 0.373. The summed E-state index contributed by atoms with van der Waals surface area (Å²) in [5.41, 5.74) is 6.71. The van der Waals surface area contributed by atoms with Gasteiger partial charge in [0.25, 0.3) is 0 Å². The first kappa shape index (κ1) is 6.56. The van der Waals surface area contributed by atoms with Gasteiger partial charge in [-0.3, -0.25) is 0 Å². The Morgan fingerprint density at radius 2 is 2.30 bits per heavy atom. The van der Waals surface area contributed by atoms with Crippen molar-refractivity contribution < 1.29 is 0 Å². The van der Waals surface area contributed by atoms with Crippen LogP contribution < -0.4 is 5.73 Å². The van der Waals surface area contributed by atoms with Crippen molar-refractivity contribution in [1.82, 2.24) is 4.98 Å². The van der Waals surface area contributed by atoms with E-state index < -0.39 is 0 Å². The number of nitrogens with two attached hydrogens (primary N) is 1. The number of hydrogen-bond acceptors (Lipinski definition) is 3. The standard InChI is InChI=1S/C7H7N3/c1-5-2-6(4-8)10-7(9)3-5/h2-3H,1H3,(H2,9,10). The smallest absolute Gasteiger partial charge is 0.143 e. The van der Waals surface area contributed by atoms with Crippen LogP contribution in [0.4, 0.5) is 5.82 Å².